The lowest BCUT2D eigenvalue weighted by molar-refractivity contribution is 0.0935. The number of hydrogen-bond acceptors (Lipinski definition) is 3. The van der Waals surface area contributed by atoms with Gasteiger partial charge in [0.2, 0.25) is 0 Å². The third-order valence-electron chi connectivity index (χ3n) is 3.34. The molecule has 1 fully saturated rings. The van der Waals surface area contributed by atoms with E-state index in [1.165, 1.54) is 18.6 Å². The second kappa shape index (κ2) is 6.79. The minimum Gasteiger partial charge on any atom is -0.508 e. The second-order valence-corrected chi connectivity index (χ2v) is 4.94. The van der Waals surface area contributed by atoms with E-state index < -0.39 is 11.9 Å². The summed E-state index contributed by atoms with van der Waals surface area (Å²) < 4.78 is 0. The molecule has 20 heavy (non-hydrogen) atoms. The van der Waals surface area contributed by atoms with Crippen LogP contribution in [0.25, 0.3) is 0 Å². The average molecular weight is 277 g/mol. The molecule has 0 aromatic heterocycles. The van der Waals surface area contributed by atoms with Crippen molar-refractivity contribution < 1.29 is 14.7 Å². The van der Waals surface area contributed by atoms with Gasteiger partial charge >= 0.3 is 6.03 Å². The van der Waals surface area contributed by atoms with Crippen LogP contribution in [0.15, 0.2) is 24.3 Å². The van der Waals surface area contributed by atoms with Gasteiger partial charge < -0.3 is 10.4 Å². The molecule has 0 atom stereocenters. The predicted molar refractivity (Wildman–Crippen MR) is 74.1 cm³/mol. The number of carbonyl (C=O) groups excluding carboxylic acids is 2. The van der Waals surface area contributed by atoms with Gasteiger partial charge in [0, 0.05) is 11.6 Å². The molecule has 0 unspecified atom stereocenters. The lowest BCUT2D eigenvalue weighted by Gasteiger charge is -2.22. The summed E-state index contributed by atoms with van der Waals surface area (Å²) >= 11 is 0. The molecule has 108 valence electrons. The molecule has 1 aliphatic rings. The fourth-order valence-corrected chi connectivity index (χ4v) is 2.30. The van der Waals surface area contributed by atoms with Gasteiger partial charge in [-0.2, -0.15) is 0 Å². The zero-order valence-corrected chi connectivity index (χ0v) is 11.2. The number of phenols is 1. The van der Waals surface area contributed by atoms with Gasteiger partial charge in [0.1, 0.15) is 5.75 Å². The van der Waals surface area contributed by atoms with Crippen LogP contribution in [0.2, 0.25) is 0 Å². The highest BCUT2D eigenvalue weighted by molar-refractivity contribution is 5.95. The molecule has 0 radical (unpaired) electrons. The van der Waals surface area contributed by atoms with E-state index in [0.29, 0.717) is 0 Å². The molecule has 1 aliphatic carbocycles. The number of benzene rings is 1. The third kappa shape index (κ3) is 4.15. The number of hydrogen-bond donors (Lipinski definition) is 4. The van der Waals surface area contributed by atoms with Gasteiger partial charge in [-0.25, -0.2) is 10.2 Å². The van der Waals surface area contributed by atoms with Crippen LogP contribution >= 0.6 is 0 Å². The molecule has 1 aromatic rings. The first kappa shape index (κ1) is 14.2. The van der Waals surface area contributed by atoms with Crippen molar-refractivity contribution in [1.29, 1.82) is 0 Å². The van der Waals surface area contributed by atoms with Crippen LogP contribution in [0, 0.1) is 0 Å². The summed E-state index contributed by atoms with van der Waals surface area (Å²) in [5, 5.41) is 12.1. The van der Waals surface area contributed by atoms with Crippen molar-refractivity contribution in [3.8, 4) is 5.75 Å². The van der Waals surface area contributed by atoms with E-state index in [2.05, 4.69) is 16.2 Å². The number of carbonyl (C=O) groups is 2. The molecule has 1 saturated carbocycles. The van der Waals surface area contributed by atoms with Gasteiger partial charge in [0.15, 0.2) is 0 Å². The van der Waals surface area contributed by atoms with Gasteiger partial charge in [0.25, 0.3) is 5.91 Å². The maximum atomic E-state index is 11.7. The van der Waals surface area contributed by atoms with E-state index in [4.69, 9.17) is 0 Å². The molecule has 2 rings (SSSR count). The largest absolute Gasteiger partial charge is 0.508 e. The van der Waals surface area contributed by atoms with Crippen LogP contribution in [0.4, 0.5) is 4.79 Å². The summed E-state index contributed by atoms with van der Waals surface area (Å²) in [6.07, 6.45) is 5.43. The first-order valence-electron chi connectivity index (χ1n) is 6.81. The minimum absolute atomic E-state index is 0.00399. The Bertz CT molecular complexity index is 484. The monoisotopic (exact) mass is 277 g/mol. The highest BCUT2D eigenvalue weighted by Crippen LogP contribution is 2.17. The predicted octanol–water partition coefficient (Wildman–Crippen LogP) is 1.67. The Morgan fingerprint density at radius 3 is 2.55 bits per heavy atom. The van der Waals surface area contributed by atoms with Crippen molar-refractivity contribution in [2.75, 3.05) is 0 Å². The normalized spacial score (nSPS) is 15.4. The molecule has 0 saturated heterocycles. The van der Waals surface area contributed by atoms with Gasteiger partial charge in [-0.1, -0.05) is 25.3 Å². The summed E-state index contributed by atoms with van der Waals surface area (Å²) in [5.41, 5.74) is 4.90. The maximum Gasteiger partial charge on any atom is 0.333 e. The Kier molecular flexibility index (Phi) is 4.81. The molecule has 4 N–H and O–H groups in total. The smallest absolute Gasteiger partial charge is 0.333 e. The van der Waals surface area contributed by atoms with E-state index in [0.717, 1.165) is 25.7 Å². The van der Waals surface area contributed by atoms with Crippen molar-refractivity contribution in [2.45, 2.75) is 38.1 Å². The van der Waals surface area contributed by atoms with Crippen LogP contribution in [-0.2, 0) is 0 Å². The van der Waals surface area contributed by atoms with Gasteiger partial charge in [-0.15, -0.1) is 0 Å². The topological polar surface area (TPSA) is 90.5 Å². The molecule has 0 bridgehead atoms. The first-order valence-corrected chi connectivity index (χ1v) is 6.81. The zero-order valence-electron chi connectivity index (χ0n) is 11.2. The van der Waals surface area contributed by atoms with Crippen LogP contribution in [-0.4, -0.2) is 23.1 Å². The van der Waals surface area contributed by atoms with Crippen LogP contribution < -0.4 is 16.2 Å². The van der Waals surface area contributed by atoms with E-state index in [-0.39, 0.29) is 17.4 Å². The molecule has 1 aromatic carbocycles. The van der Waals surface area contributed by atoms with E-state index in [9.17, 15) is 14.7 Å². The lowest BCUT2D eigenvalue weighted by atomic mass is 9.96. The first-order chi connectivity index (χ1) is 9.65. The highest BCUT2D eigenvalue weighted by Gasteiger charge is 2.15. The standard InChI is InChI=1S/C14H19N3O3/c18-12-8-4-5-10(9-12)13(19)16-17-14(20)15-11-6-2-1-3-7-11/h4-5,8-9,11,18H,1-3,6-7H2,(H,16,19)(H2,15,17,20). The molecule has 6 heteroatoms. The summed E-state index contributed by atoms with van der Waals surface area (Å²) in [7, 11) is 0. The van der Waals surface area contributed by atoms with Crippen LogP contribution in [0.3, 0.4) is 0 Å². The summed E-state index contributed by atoms with van der Waals surface area (Å²) in [6, 6.07) is 5.69. The lowest BCUT2D eigenvalue weighted by Crippen LogP contribution is -2.50. The zero-order chi connectivity index (χ0) is 14.4. The molecule has 3 amide bonds. The number of nitrogens with one attached hydrogen (secondary N) is 3. The minimum atomic E-state index is -0.473. The molecular weight excluding hydrogens is 258 g/mol. The van der Waals surface area contributed by atoms with Crippen molar-refractivity contribution >= 4 is 11.9 Å². The molecular formula is C14H19N3O3. The second-order valence-electron chi connectivity index (χ2n) is 4.94. The average Bonchev–Trinajstić information content (AvgIpc) is 2.46. The van der Waals surface area contributed by atoms with Crippen molar-refractivity contribution in [1.82, 2.24) is 16.2 Å². The number of hydrazine groups is 1. The Morgan fingerprint density at radius 2 is 1.85 bits per heavy atom. The van der Waals surface area contributed by atoms with Gasteiger partial charge in [0.05, 0.1) is 0 Å². The van der Waals surface area contributed by atoms with E-state index in [1.807, 2.05) is 0 Å². The fourth-order valence-electron chi connectivity index (χ4n) is 2.30. The Hall–Kier alpha value is -2.24. The highest BCUT2D eigenvalue weighted by atomic mass is 16.3. The maximum absolute atomic E-state index is 11.7. The fraction of sp³-hybridized carbons (Fsp3) is 0.429. The number of amides is 3. The van der Waals surface area contributed by atoms with Crippen molar-refractivity contribution in [3.05, 3.63) is 29.8 Å². The number of aromatic hydroxyl groups is 1. The summed E-state index contributed by atoms with van der Waals surface area (Å²) in [4.78, 5) is 23.4. The summed E-state index contributed by atoms with van der Waals surface area (Å²) in [5.74, 6) is -0.469. The number of urea groups is 1. The van der Waals surface area contributed by atoms with Crippen LogP contribution in [0.1, 0.15) is 42.5 Å². The van der Waals surface area contributed by atoms with Crippen molar-refractivity contribution in [3.63, 3.8) is 0 Å². The molecule has 6 nitrogen and oxygen atoms in total. The van der Waals surface area contributed by atoms with E-state index >= 15 is 0 Å². The molecule has 0 heterocycles. The Labute approximate surface area is 117 Å². The van der Waals surface area contributed by atoms with Crippen LogP contribution in [0.5, 0.6) is 5.75 Å². The van der Waals surface area contributed by atoms with Crippen molar-refractivity contribution in [2.24, 2.45) is 0 Å². The number of rotatable bonds is 2. The third-order valence-corrected chi connectivity index (χ3v) is 3.34. The van der Waals surface area contributed by atoms with Gasteiger partial charge in [-0.3, -0.25) is 10.2 Å². The molecule has 0 aliphatic heterocycles. The SMILES string of the molecule is O=C(NNC(=O)c1cccc(O)c1)NC1CCCCC1. The van der Waals surface area contributed by atoms with Gasteiger partial charge in [-0.05, 0) is 31.0 Å². The Balaban J connectivity index is 1.76. The molecule has 0 spiro atoms. The summed E-state index contributed by atoms with van der Waals surface area (Å²) in [6.45, 7) is 0. The number of phenolic OH excluding ortho intramolecular Hbond substituents is 1. The Morgan fingerprint density at radius 1 is 1.10 bits per heavy atom. The quantitative estimate of drug-likeness (QED) is 0.620. The van der Waals surface area contributed by atoms with E-state index in [1.54, 1.807) is 12.1 Å².